The van der Waals surface area contributed by atoms with Crippen LogP contribution < -0.4 is 11.1 Å². The van der Waals surface area contributed by atoms with Gasteiger partial charge in [0.15, 0.2) is 0 Å². The quantitative estimate of drug-likeness (QED) is 0.898. The van der Waals surface area contributed by atoms with Gasteiger partial charge in [0.05, 0.1) is 10.7 Å². The molecule has 0 atom stereocenters. The lowest BCUT2D eigenvalue weighted by molar-refractivity contribution is 0.509. The van der Waals surface area contributed by atoms with Crippen molar-refractivity contribution in [3.8, 4) is 0 Å². The third-order valence-electron chi connectivity index (χ3n) is 2.06. The maximum Gasteiger partial charge on any atom is 0.320 e. The maximum absolute atomic E-state index is 13.0. The number of nitrogens with zero attached hydrogens (tertiary/aromatic N) is 2. The molecule has 0 spiro atoms. The number of hydrogen-bond acceptors (Lipinski definition) is 5. The van der Waals surface area contributed by atoms with Crippen LogP contribution in [0.25, 0.3) is 0 Å². The second kappa shape index (κ2) is 5.64. The second-order valence-corrected chi connectivity index (χ2v) is 4.67. The largest absolute Gasteiger partial charge is 0.408 e. The lowest BCUT2D eigenvalue weighted by Crippen LogP contribution is -2.02. The summed E-state index contributed by atoms with van der Waals surface area (Å²) < 4.78 is 18.8. The van der Waals surface area contributed by atoms with Gasteiger partial charge in [0, 0.05) is 17.4 Å². The van der Waals surface area contributed by atoms with Crippen molar-refractivity contribution in [2.24, 2.45) is 5.73 Å². The van der Waals surface area contributed by atoms with E-state index in [0.29, 0.717) is 29.0 Å². The Hall–Kier alpha value is -1.18. The molecular weight excluding hydrogens is 326 g/mol. The minimum Gasteiger partial charge on any atom is -0.408 e. The van der Waals surface area contributed by atoms with Crippen LogP contribution >= 0.6 is 27.5 Å². The Kier molecular flexibility index (Phi) is 4.15. The zero-order valence-electron chi connectivity index (χ0n) is 9.08. The Labute approximate surface area is 116 Å². The van der Waals surface area contributed by atoms with Gasteiger partial charge in [0.25, 0.3) is 0 Å². The second-order valence-electron chi connectivity index (χ2n) is 3.41. The molecule has 18 heavy (non-hydrogen) atoms. The first-order valence-electron chi connectivity index (χ1n) is 5.04. The highest BCUT2D eigenvalue weighted by Crippen LogP contribution is 2.33. The molecule has 5 nitrogen and oxygen atoms in total. The van der Waals surface area contributed by atoms with E-state index in [0.717, 1.165) is 0 Å². The Bertz CT molecular complexity index is 540. The van der Waals surface area contributed by atoms with E-state index in [4.69, 9.17) is 21.8 Å². The van der Waals surface area contributed by atoms with Crippen LogP contribution in [0, 0.1) is 5.82 Å². The summed E-state index contributed by atoms with van der Waals surface area (Å²) >= 11 is 9.11. The summed E-state index contributed by atoms with van der Waals surface area (Å²) in [4.78, 5) is 0. The average Bonchev–Trinajstić information content (AvgIpc) is 2.72. The molecule has 0 bridgehead atoms. The number of benzene rings is 1. The Morgan fingerprint density at radius 1 is 1.44 bits per heavy atom. The van der Waals surface area contributed by atoms with E-state index in [9.17, 15) is 4.39 Å². The van der Waals surface area contributed by atoms with Gasteiger partial charge in [-0.2, -0.15) is 0 Å². The first-order valence-corrected chi connectivity index (χ1v) is 6.21. The summed E-state index contributed by atoms with van der Waals surface area (Å²) in [5, 5.41) is 10.6. The van der Waals surface area contributed by atoms with Crippen molar-refractivity contribution in [1.82, 2.24) is 10.2 Å². The van der Waals surface area contributed by atoms with Gasteiger partial charge in [-0.15, -0.1) is 5.10 Å². The molecule has 3 N–H and O–H groups in total. The first-order chi connectivity index (χ1) is 8.60. The monoisotopic (exact) mass is 334 g/mol. The topological polar surface area (TPSA) is 77.0 Å². The number of rotatable bonds is 4. The van der Waals surface area contributed by atoms with Crippen LogP contribution in [0.4, 0.5) is 16.1 Å². The molecule has 0 aliphatic carbocycles. The highest BCUT2D eigenvalue weighted by molar-refractivity contribution is 9.10. The number of anilines is 2. The van der Waals surface area contributed by atoms with Crippen LogP contribution in [-0.4, -0.2) is 16.7 Å². The maximum atomic E-state index is 13.0. The molecule has 1 aromatic heterocycles. The Balaban J connectivity index is 2.22. The van der Waals surface area contributed by atoms with Gasteiger partial charge in [-0.3, -0.25) is 0 Å². The summed E-state index contributed by atoms with van der Waals surface area (Å²) in [5.41, 5.74) is 5.83. The molecule has 1 heterocycles. The highest BCUT2D eigenvalue weighted by Gasteiger charge is 2.12. The van der Waals surface area contributed by atoms with Crippen molar-refractivity contribution < 1.29 is 8.81 Å². The van der Waals surface area contributed by atoms with Crippen molar-refractivity contribution in [3.05, 3.63) is 33.3 Å². The van der Waals surface area contributed by atoms with Crippen molar-refractivity contribution in [2.45, 2.75) is 6.42 Å². The van der Waals surface area contributed by atoms with Crippen LogP contribution in [0.3, 0.4) is 0 Å². The van der Waals surface area contributed by atoms with E-state index in [-0.39, 0.29) is 11.0 Å². The predicted molar refractivity (Wildman–Crippen MR) is 69.4 cm³/mol. The van der Waals surface area contributed by atoms with Gasteiger partial charge in [0.1, 0.15) is 5.82 Å². The molecule has 0 aliphatic heterocycles. The summed E-state index contributed by atoms with van der Waals surface area (Å²) in [6, 6.07) is 2.64. The van der Waals surface area contributed by atoms with E-state index in [1.165, 1.54) is 12.1 Å². The zero-order chi connectivity index (χ0) is 13.1. The lowest BCUT2D eigenvalue weighted by Gasteiger charge is -2.06. The molecule has 2 aromatic rings. The standard InChI is InChI=1S/C10H9BrClFN4O/c11-6-3-5(13)4-7(12)9(6)15-10-17-16-8(18-10)1-2-14/h3-4H,1-2,14H2,(H,15,17). The van der Waals surface area contributed by atoms with Crippen LogP contribution in [0.1, 0.15) is 5.89 Å². The molecule has 0 fully saturated rings. The lowest BCUT2D eigenvalue weighted by atomic mass is 10.3. The first kappa shape index (κ1) is 13.3. The predicted octanol–water partition coefficient (Wildman–Crippen LogP) is 2.87. The smallest absolute Gasteiger partial charge is 0.320 e. The molecule has 0 unspecified atom stereocenters. The normalized spacial score (nSPS) is 10.7. The molecule has 0 saturated carbocycles. The van der Waals surface area contributed by atoms with E-state index in [1.54, 1.807) is 0 Å². The van der Waals surface area contributed by atoms with Gasteiger partial charge in [-0.05, 0) is 28.1 Å². The third-order valence-corrected chi connectivity index (χ3v) is 2.99. The van der Waals surface area contributed by atoms with Crippen LogP contribution in [0.2, 0.25) is 5.02 Å². The molecule has 0 amide bonds. The van der Waals surface area contributed by atoms with Crippen LogP contribution in [0.5, 0.6) is 0 Å². The number of nitrogens with two attached hydrogens (primary N) is 1. The molecule has 0 saturated heterocycles. The minimum absolute atomic E-state index is 0.174. The SMILES string of the molecule is NCCc1nnc(Nc2c(Cl)cc(F)cc2Br)o1. The Morgan fingerprint density at radius 3 is 2.89 bits per heavy atom. The summed E-state index contributed by atoms with van der Waals surface area (Å²) in [7, 11) is 0. The van der Waals surface area contributed by atoms with Crippen molar-refractivity contribution in [2.75, 3.05) is 11.9 Å². The Morgan fingerprint density at radius 2 is 2.22 bits per heavy atom. The number of halogens is 3. The minimum atomic E-state index is -0.438. The molecule has 8 heteroatoms. The fraction of sp³-hybridized carbons (Fsp3) is 0.200. The number of aromatic nitrogens is 2. The molecule has 1 aromatic carbocycles. The van der Waals surface area contributed by atoms with Crippen molar-refractivity contribution in [1.29, 1.82) is 0 Å². The zero-order valence-corrected chi connectivity index (χ0v) is 11.4. The molecular formula is C10H9BrClFN4O. The molecule has 0 radical (unpaired) electrons. The fourth-order valence-corrected chi connectivity index (χ4v) is 2.20. The van der Waals surface area contributed by atoms with Gasteiger partial charge in [0.2, 0.25) is 5.89 Å². The molecule has 2 rings (SSSR count). The van der Waals surface area contributed by atoms with Gasteiger partial charge < -0.3 is 15.5 Å². The van der Waals surface area contributed by atoms with Crippen LogP contribution in [-0.2, 0) is 6.42 Å². The van der Waals surface area contributed by atoms with E-state index >= 15 is 0 Å². The van der Waals surface area contributed by atoms with Gasteiger partial charge >= 0.3 is 6.01 Å². The average molecular weight is 336 g/mol. The molecule has 0 aliphatic rings. The van der Waals surface area contributed by atoms with E-state index < -0.39 is 5.82 Å². The molecule has 96 valence electrons. The summed E-state index contributed by atoms with van der Waals surface area (Å²) in [6.45, 7) is 0.419. The van der Waals surface area contributed by atoms with Crippen molar-refractivity contribution in [3.63, 3.8) is 0 Å². The summed E-state index contributed by atoms with van der Waals surface area (Å²) in [6.07, 6.45) is 0.493. The number of hydrogen-bond donors (Lipinski definition) is 2. The highest BCUT2D eigenvalue weighted by atomic mass is 79.9. The number of nitrogens with one attached hydrogen (secondary N) is 1. The fourth-order valence-electron chi connectivity index (χ4n) is 1.30. The van der Waals surface area contributed by atoms with Gasteiger partial charge in [-0.25, -0.2) is 4.39 Å². The van der Waals surface area contributed by atoms with E-state index in [2.05, 4.69) is 31.4 Å². The third kappa shape index (κ3) is 2.98. The van der Waals surface area contributed by atoms with Crippen molar-refractivity contribution >= 4 is 39.2 Å². The van der Waals surface area contributed by atoms with Gasteiger partial charge in [-0.1, -0.05) is 16.7 Å². The van der Waals surface area contributed by atoms with Crippen LogP contribution in [0.15, 0.2) is 21.0 Å². The summed E-state index contributed by atoms with van der Waals surface area (Å²) in [5.74, 6) is -0.0128. The van der Waals surface area contributed by atoms with E-state index in [1.807, 2.05) is 0 Å².